The Labute approximate surface area is 132 Å². The maximum absolute atomic E-state index is 12.3. The number of sulfonamides is 1. The van der Waals surface area contributed by atoms with Crippen molar-refractivity contribution in [2.75, 3.05) is 7.05 Å². The fraction of sp³-hybridized carbons (Fsp3) is 0.182. The van der Waals surface area contributed by atoms with E-state index in [2.05, 4.69) is 15.9 Å². The van der Waals surface area contributed by atoms with Crippen LogP contribution in [-0.4, -0.2) is 30.8 Å². The minimum atomic E-state index is -3.66. The van der Waals surface area contributed by atoms with E-state index in [0.29, 0.717) is 0 Å². The number of halogens is 1. The van der Waals surface area contributed by atoms with Gasteiger partial charge >= 0.3 is 5.97 Å². The molecule has 5 nitrogen and oxygen atoms in total. The van der Waals surface area contributed by atoms with Gasteiger partial charge in [0.25, 0.3) is 10.0 Å². The standard InChI is InChI=1S/C11H10BrNO4S3/c1-13(4-9-3-8(12)6-18-9)20(16,17)10-2-7(5-19-10)11(14)15/h2-3,5-6H,4H2,1H3,(H,14,15). The molecule has 2 heterocycles. The third-order valence-corrected chi connectivity index (χ3v) is 7.39. The molecule has 0 fully saturated rings. The quantitative estimate of drug-likeness (QED) is 0.843. The Hall–Kier alpha value is -0.740. The molecule has 0 saturated heterocycles. The topological polar surface area (TPSA) is 74.7 Å². The van der Waals surface area contributed by atoms with Crippen molar-refractivity contribution < 1.29 is 18.3 Å². The molecule has 0 amide bonds. The van der Waals surface area contributed by atoms with Gasteiger partial charge in [-0.1, -0.05) is 0 Å². The number of nitrogens with zero attached hydrogens (tertiary/aromatic N) is 1. The summed E-state index contributed by atoms with van der Waals surface area (Å²) in [5, 5.41) is 12.0. The maximum Gasteiger partial charge on any atom is 0.336 e. The molecule has 0 aliphatic heterocycles. The molecule has 0 radical (unpaired) electrons. The molecule has 0 aliphatic carbocycles. The second-order valence-corrected chi connectivity index (χ2v) is 9.05. The van der Waals surface area contributed by atoms with Gasteiger partial charge in [0.2, 0.25) is 0 Å². The van der Waals surface area contributed by atoms with Crippen LogP contribution in [0.25, 0.3) is 0 Å². The van der Waals surface area contributed by atoms with Crippen LogP contribution in [0.1, 0.15) is 15.2 Å². The van der Waals surface area contributed by atoms with Crippen molar-refractivity contribution in [1.29, 1.82) is 0 Å². The Kier molecular flexibility index (Phi) is 4.65. The Balaban J connectivity index is 2.22. The van der Waals surface area contributed by atoms with Crippen molar-refractivity contribution >= 4 is 54.6 Å². The zero-order chi connectivity index (χ0) is 14.9. The molecule has 2 aromatic heterocycles. The van der Waals surface area contributed by atoms with E-state index in [-0.39, 0.29) is 16.3 Å². The van der Waals surface area contributed by atoms with E-state index in [1.165, 1.54) is 34.1 Å². The highest BCUT2D eigenvalue weighted by Crippen LogP contribution is 2.26. The number of aromatic carboxylic acids is 1. The molecule has 0 saturated carbocycles. The first-order valence-electron chi connectivity index (χ1n) is 5.32. The molecular formula is C11H10BrNO4S3. The predicted molar refractivity (Wildman–Crippen MR) is 82.0 cm³/mol. The molecule has 2 rings (SSSR count). The summed E-state index contributed by atoms with van der Waals surface area (Å²) < 4.78 is 26.8. The molecule has 0 unspecified atom stereocenters. The van der Waals surface area contributed by atoms with Crippen molar-refractivity contribution in [3.8, 4) is 0 Å². The van der Waals surface area contributed by atoms with Gasteiger partial charge in [-0.05, 0) is 28.1 Å². The Bertz CT molecular complexity index is 734. The number of rotatable bonds is 5. The molecule has 0 spiro atoms. The van der Waals surface area contributed by atoms with Crippen LogP contribution >= 0.6 is 38.6 Å². The SMILES string of the molecule is CN(Cc1cc(Br)cs1)S(=O)(=O)c1cc(C(=O)O)cs1. The summed E-state index contributed by atoms with van der Waals surface area (Å²) in [5.41, 5.74) is -0.0131. The lowest BCUT2D eigenvalue weighted by Gasteiger charge is -2.14. The molecule has 9 heteroatoms. The molecule has 20 heavy (non-hydrogen) atoms. The largest absolute Gasteiger partial charge is 0.478 e. The average Bonchev–Trinajstić information content (AvgIpc) is 2.98. The number of hydrogen-bond donors (Lipinski definition) is 1. The average molecular weight is 396 g/mol. The third-order valence-electron chi connectivity index (χ3n) is 2.49. The first kappa shape index (κ1) is 15.6. The highest BCUT2D eigenvalue weighted by atomic mass is 79.9. The van der Waals surface area contributed by atoms with Crippen LogP contribution in [0.4, 0.5) is 0 Å². The summed E-state index contributed by atoms with van der Waals surface area (Å²) in [5.74, 6) is -1.13. The Morgan fingerprint density at radius 3 is 2.55 bits per heavy atom. The van der Waals surface area contributed by atoms with Crippen LogP contribution in [0.15, 0.2) is 31.6 Å². The minimum Gasteiger partial charge on any atom is -0.478 e. The molecule has 1 N–H and O–H groups in total. The van der Waals surface area contributed by atoms with Crippen LogP contribution in [0.2, 0.25) is 0 Å². The highest BCUT2D eigenvalue weighted by molar-refractivity contribution is 9.10. The zero-order valence-corrected chi connectivity index (χ0v) is 14.3. The molecule has 2 aromatic rings. The second-order valence-electron chi connectivity index (χ2n) is 3.95. The number of carbonyl (C=O) groups is 1. The van der Waals surface area contributed by atoms with Crippen LogP contribution < -0.4 is 0 Å². The Morgan fingerprint density at radius 1 is 1.35 bits per heavy atom. The van der Waals surface area contributed by atoms with Crippen LogP contribution in [0.5, 0.6) is 0 Å². The van der Waals surface area contributed by atoms with E-state index in [0.717, 1.165) is 20.7 Å². The molecule has 0 atom stereocenters. The van der Waals surface area contributed by atoms with E-state index >= 15 is 0 Å². The molecule has 0 aromatic carbocycles. The van der Waals surface area contributed by atoms with Crippen molar-refractivity contribution in [2.24, 2.45) is 0 Å². The predicted octanol–water partition coefficient (Wildman–Crippen LogP) is 3.09. The Morgan fingerprint density at radius 2 is 2.05 bits per heavy atom. The number of carboxylic acid groups (broad SMARTS) is 1. The molecule has 0 bridgehead atoms. The van der Waals surface area contributed by atoms with Crippen molar-refractivity contribution in [3.63, 3.8) is 0 Å². The summed E-state index contributed by atoms with van der Waals surface area (Å²) in [7, 11) is -2.19. The summed E-state index contributed by atoms with van der Waals surface area (Å²) in [6.45, 7) is 0.249. The van der Waals surface area contributed by atoms with Gasteiger partial charge < -0.3 is 5.11 Å². The monoisotopic (exact) mass is 395 g/mol. The van der Waals surface area contributed by atoms with E-state index in [1.54, 1.807) is 0 Å². The van der Waals surface area contributed by atoms with Gasteiger partial charge in [0.1, 0.15) is 4.21 Å². The van der Waals surface area contributed by atoms with Gasteiger partial charge in [-0.15, -0.1) is 22.7 Å². The van der Waals surface area contributed by atoms with E-state index < -0.39 is 16.0 Å². The summed E-state index contributed by atoms with van der Waals surface area (Å²) in [4.78, 5) is 11.7. The maximum atomic E-state index is 12.3. The lowest BCUT2D eigenvalue weighted by molar-refractivity contribution is 0.0697. The third kappa shape index (κ3) is 3.29. The van der Waals surface area contributed by atoms with Crippen LogP contribution in [-0.2, 0) is 16.6 Å². The summed E-state index contributed by atoms with van der Waals surface area (Å²) in [6, 6.07) is 3.04. The van der Waals surface area contributed by atoms with Crippen molar-refractivity contribution in [3.05, 3.63) is 37.8 Å². The fourth-order valence-electron chi connectivity index (χ4n) is 1.46. The van der Waals surface area contributed by atoms with Crippen molar-refractivity contribution in [1.82, 2.24) is 4.31 Å². The first-order valence-corrected chi connectivity index (χ1v) is 9.31. The van der Waals surface area contributed by atoms with Gasteiger partial charge in [-0.3, -0.25) is 0 Å². The van der Waals surface area contributed by atoms with Gasteiger partial charge in [0.15, 0.2) is 0 Å². The van der Waals surface area contributed by atoms with Gasteiger partial charge in [0.05, 0.1) is 5.56 Å². The van der Waals surface area contributed by atoms with Crippen LogP contribution in [0.3, 0.4) is 0 Å². The molecular weight excluding hydrogens is 386 g/mol. The highest BCUT2D eigenvalue weighted by Gasteiger charge is 2.24. The second kappa shape index (κ2) is 5.94. The fourth-order valence-corrected chi connectivity index (χ4v) is 5.56. The van der Waals surface area contributed by atoms with Gasteiger partial charge in [0, 0.05) is 33.7 Å². The lowest BCUT2D eigenvalue weighted by Crippen LogP contribution is -2.25. The van der Waals surface area contributed by atoms with E-state index in [1.807, 2.05) is 11.4 Å². The number of hydrogen-bond acceptors (Lipinski definition) is 5. The number of carboxylic acids is 1. The minimum absolute atomic E-state index is 0.0131. The molecule has 108 valence electrons. The van der Waals surface area contributed by atoms with Crippen LogP contribution in [0, 0.1) is 0 Å². The number of thiophene rings is 2. The van der Waals surface area contributed by atoms with Gasteiger partial charge in [-0.25, -0.2) is 13.2 Å². The smallest absolute Gasteiger partial charge is 0.336 e. The van der Waals surface area contributed by atoms with Gasteiger partial charge in [-0.2, -0.15) is 4.31 Å². The zero-order valence-electron chi connectivity index (χ0n) is 10.2. The normalized spacial score (nSPS) is 11.9. The lowest BCUT2D eigenvalue weighted by atomic mass is 10.4. The first-order chi connectivity index (χ1) is 9.30. The summed E-state index contributed by atoms with van der Waals surface area (Å²) in [6.07, 6.45) is 0. The summed E-state index contributed by atoms with van der Waals surface area (Å²) >= 11 is 5.68. The van der Waals surface area contributed by atoms with Crippen molar-refractivity contribution in [2.45, 2.75) is 10.8 Å². The van der Waals surface area contributed by atoms with E-state index in [4.69, 9.17) is 5.11 Å². The molecule has 0 aliphatic rings. The van der Waals surface area contributed by atoms with E-state index in [9.17, 15) is 13.2 Å².